The minimum Gasteiger partial charge on any atom is -0.480 e. The SMILES string of the molecule is CCC(NC(=O)N1CCCc2c([nH]c3ccccc23)C1C(F)(F)F)C(=O)O. The number of benzene rings is 1. The Hall–Kier alpha value is -2.71. The Morgan fingerprint density at radius 3 is 2.70 bits per heavy atom. The summed E-state index contributed by atoms with van der Waals surface area (Å²) in [7, 11) is 0. The molecule has 27 heavy (non-hydrogen) atoms. The number of H-pyrrole nitrogens is 1. The van der Waals surface area contributed by atoms with Crippen molar-refractivity contribution in [1.29, 1.82) is 0 Å². The van der Waals surface area contributed by atoms with Gasteiger partial charge in [0.1, 0.15) is 6.04 Å². The molecule has 1 aliphatic heterocycles. The number of aromatic amines is 1. The fraction of sp³-hybridized carbons (Fsp3) is 0.444. The van der Waals surface area contributed by atoms with E-state index in [1.165, 1.54) is 0 Å². The lowest BCUT2D eigenvalue weighted by molar-refractivity contribution is -0.179. The Kier molecular flexibility index (Phi) is 5.03. The summed E-state index contributed by atoms with van der Waals surface area (Å²) in [5.41, 5.74) is 1.07. The van der Waals surface area contributed by atoms with Gasteiger partial charge < -0.3 is 20.3 Å². The molecule has 9 heteroatoms. The first-order valence-electron chi connectivity index (χ1n) is 8.70. The maximum atomic E-state index is 14.0. The van der Waals surface area contributed by atoms with Crippen LogP contribution in [0.1, 0.15) is 37.1 Å². The first-order chi connectivity index (χ1) is 12.7. The molecule has 146 valence electrons. The van der Waals surface area contributed by atoms with Gasteiger partial charge in [-0.05, 0) is 30.9 Å². The quantitative estimate of drug-likeness (QED) is 0.757. The monoisotopic (exact) mass is 383 g/mol. The molecule has 2 aromatic rings. The minimum absolute atomic E-state index is 0.0558. The number of hydrogen-bond donors (Lipinski definition) is 3. The van der Waals surface area contributed by atoms with E-state index in [1.54, 1.807) is 31.2 Å². The highest BCUT2D eigenvalue weighted by Crippen LogP contribution is 2.42. The van der Waals surface area contributed by atoms with Gasteiger partial charge in [-0.3, -0.25) is 0 Å². The van der Waals surface area contributed by atoms with Gasteiger partial charge >= 0.3 is 18.2 Å². The summed E-state index contributed by atoms with van der Waals surface area (Å²) in [5, 5.41) is 12.0. The van der Waals surface area contributed by atoms with Crippen molar-refractivity contribution in [3.05, 3.63) is 35.5 Å². The van der Waals surface area contributed by atoms with E-state index in [1.807, 2.05) is 0 Å². The third-order valence-electron chi connectivity index (χ3n) is 4.83. The highest BCUT2D eigenvalue weighted by atomic mass is 19.4. The number of amides is 2. The Labute approximate surface area is 153 Å². The molecule has 0 spiro atoms. The van der Waals surface area contributed by atoms with Crippen molar-refractivity contribution in [2.45, 2.75) is 44.4 Å². The number of aliphatic carboxylic acids is 1. The van der Waals surface area contributed by atoms with Crippen LogP contribution in [0.4, 0.5) is 18.0 Å². The van der Waals surface area contributed by atoms with Crippen molar-refractivity contribution in [3.8, 4) is 0 Å². The highest BCUT2D eigenvalue weighted by Gasteiger charge is 2.49. The minimum atomic E-state index is -4.71. The van der Waals surface area contributed by atoms with E-state index in [0.717, 1.165) is 0 Å². The van der Waals surface area contributed by atoms with Crippen LogP contribution < -0.4 is 5.32 Å². The second-order valence-electron chi connectivity index (χ2n) is 6.55. The molecule has 0 fully saturated rings. The average Bonchev–Trinajstić information content (AvgIpc) is 2.83. The van der Waals surface area contributed by atoms with Crippen LogP contribution in [-0.4, -0.2) is 45.8 Å². The van der Waals surface area contributed by atoms with Crippen molar-refractivity contribution < 1.29 is 27.9 Å². The van der Waals surface area contributed by atoms with Crippen LogP contribution in [0, 0.1) is 0 Å². The number of carboxylic acid groups (broad SMARTS) is 1. The second-order valence-corrected chi connectivity index (χ2v) is 6.55. The zero-order valence-corrected chi connectivity index (χ0v) is 14.6. The van der Waals surface area contributed by atoms with Crippen molar-refractivity contribution in [1.82, 2.24) is 15.2 Å². The van der Waals surface area contributed by atoms with E-state index < -0.39 is 30.3 Å². The van der Waals surface area contributed by atoms with Crippen LogP contribution in [-0.2, 0) is 11.2 Å². The molecule has 0 aliphatic carbocycles. The lowest BCUT2D eigenvalue weighted by atomic mass is 10.0. The highest BCUT2D eigenvalue weighted by molar-refractivity contribution is 5.86. The van der Waals surface area contributed by atoms with Gasteiger partial charge in [0.25, 0.3) is 0 Å². The second kappa shape index (κ2) is 7.13. The van der Waals surface area contributed by atoms with Crippen LogP contribution in [0.15, 0.2) is 24.3 Å². The first-order valence-corrected chi connectivity index (χ1v) is 8.70. The first kappa shape index (κ1) is 19.1. The Morgan fingerprint density at radius 1 is 1.37 bits per heavy atom. The smallest absolute Gasteiger partial charge is 0.414 e. The van der Waals surface area contributed by atoms with E-state index in [-0.39, 0.29) is 18.7 Å². The summed E-state index contributed by atoms with van der Waals surface area (Å²) in [5.74, 6) is -1.28. The topological polar surface area (TPSA) is 85.4 Å². The molecule has 3 rings (SSSR count). The zero-order chi connectivity index (χ0) is 19.8. The van der Waals surface area contributed by atoms with Crippen LogP contribution in [0.5, 0.6) is 0 Å². The molecule has 1 aromatic heterocycles. The Bertz CT molecular complexity index is 862. The third-order valence-corrected chi connectivity index (χ3v) is 4.83. The molecular weight excluding hydrogens is 363 g/mol. The number of halogens is 3. The van der Waals surface area contributed by atoms with Gasteiger partial charge in [0.15, 0.2) is 6.04 Å². The standard InChI is InChI=1S/C18H20F3N3O3/c1-2-12(16(25)26)23-17(27)24-9-5-7-11-10-6-3-4-8-13(10)22-14(11)15(24)18(19,20)21/h3-4,6,8,12,15,22H,2,5,7,9H2,1H3,(H,23,27)(H,25,26). The normalized spacial score (nSPS) is 18.7. The Morgan fingerprint density at radius 2 is 2.07 bits per heavy atom. The van der Waals surface area contributed by atoms with Crippen molar-refractivity contribution >= 4 is 22.9 Å². The lowest BCUT2D eigenvalue weighted by Gasteiger charge is -2.32. The number of fused-ring (bicyclic) bond motifs is 3. The number of aromatic nitrogens is 1. The summed E-state index contributed by atoms with van der Waals surface area (Å²) in [6.07, 6.45) is -3.89. The molecule has 0 radical (unpaired) electrons. The van der Waals surface area contributed by atoms with E-state index in [2.05, 4.69) is 10.3 Å². The fourth-order valence-electron chi connectivity index (χ4n) is 3.56. The molecule has 0 saturated carbocycles. The van der Waals surface area contributed by atoms with Crippen molar-refractivity contribution in [2.75, 3.05) is 6.54 Å². The summed E-state index contributed by atoms with van der Waals surface area (Å²) in [6.45, 7) is 1.42. The summed E-state index contributed by atoms with van der Waals surface area (Å²) >= 11 is 0. The summed E-state index contributed by atoms with van der Waals surface area (Å²) in [6, 6.07) is 2.51. The van der Waals surface area contributed by atoms with Crippen LogP contribution >= 0.6 is 0 Å². The molecule has 2 atom stereocenters. The number of para-hydroxylation sites is 1. The summed E-state index contributed by atoms with van der Waals surface area (Å²) < 4.78 is 41.9. The molecule has 0 bridgehead atoms. The van der Waals surface area contributed by atoms with Crippen LogP contribution in [0.3, 0.4) is 0 Å². The predicted molar refractivity (Wildman–Crippen MR) is 92.4 cm³/mol. The van der Waals surface area contributed by atoms with E-state index in [9.17, 15) is 22.8 Å². The number of carbonyl (C=O) groups excluding carboxylic acids is 1. The number of urea groups is 1. The number of hydrogen-bond acceptors (Lipinski definition) is 2. The number of nitrogens with zero attached hydrogens (tertiary/aromatic N) is 1. The van der Waals surface area contributed by atoms with Gasteiger partial charge in [0.05, 0.1) is 5.69 Å². The number of alkyl halides is 3. The molecule has 1 aliphatic rings. The zero-order valence-electron chi connectivity index (χ0n) is 14.6. The fourth-order valence-corrected chi connectivity index (χ4v) is 3.56. The number of carbonyl (C=O) groups is 2. The van der Waals surface area contributed by atoms with Gasteiger partial charge in [0, 0.05) is 17.4 Å². The molecule has 6 nitrogen and oxygen atoms in total. The largest absolute Gasteiger partial charge is 0.480 e. The number of carboxylic acids is 1. The molecular formula is C18H20F3N3O3. The number of aryl methyl sites for hydroxylation is 1. The van der Waals surface area contributed by atoms with E-state index >= 15 is 0 Å². The average molecular weight is 383 g/mol. The number of rotatable bonds is 3. The molecule has 2 unspecified atom stereocenters. The molecule has 2 amide bonds. The summed E-state index contributed by atoms with van der Waals surface area (Å²) in [4.78, 5) is 27.2. The van der Waals surface area contributed by atoms with Crippen LogP contribution in [0.25, 0.3) is 10.9 Å². The lowest BCUT2D eigenvalue weighted by Crippen LogP contribution is -2.51. The van der Waals surface area contributed by atoms with Crippen molar-refractivity contribution in [3.63, 3.8) is 0 Å². The van der Waals surface area contributed by atoms with Crippen molar-refractivity contribution in [2.24, 2.45) is 0 Å². The van der Waals surface area contributed by atoms with Gasteiger partial charge in [0.2, 0.25) is 0 Å². The van der Waals surface area contributed by atoms with Gasteiger partial charge in [-0.25, -0.2) is 9.59 Å². The maximum Gasteiger partial charge on any atom is 0.414 e. The molecule has 2 heterocycles. The van der Waals surface area contributed by atoms with Gasteiger partial charge in [-0.1, -0.05) is 25.1 Å². The number of nitrogens with one attached hydrogen (secondary N) is 2. The van der Waals surface area contributed by atoms with Crippen LogP contribution in [0.2, 0.25) is 0 Å². The predicted octanol–water partition coefficient (Wildman–Crippen LogP) is 3.59. The van der Waals surface area contributed by atoms with Gasteiger partial charge in [-0.2, -0.15) is 13.2 Å². The third kappa shape index (κ3) is 3.58. The maximum absolute atomic E-state index is 14.0. The molecule has 0 saturated heterocycles. The van der Waals surface area contributed by atoms with Gasteiger partial charge in [-0.15, -0.1) is 0 Å². The Balaban J connectivity index is 2.04. The van der Waals surface area contributed by atoms with E-state index in [0.29, 0.717) is 34.2 Å². The van der Waals surface area contributed by atoms with E-state index in [4.69, 9.17) is 5.11 Å². The molecule has 3 N–H and O–H groups in total. The molecule has 1 aromatic carbocycles.